The van der Waals surface area contributed by atoms with Crippen molar-refractivity contribution in [3.8, 4) is 0 Å². The van der Waals surface area contributed by atoms with Gasteiger partial charge in [0.2, 0.25) is 0 Å². The van der Waals surface area contributed by atoms with Gasteiger partial charge in [-0.3, -0.25) is 4.90 Å². The summed E-state index contributed by atoms with van der Waals surface area (Å²) >= 11 is 0. The molecule has 2 amide bonds. The molecule has 1 fully saturated rings. The Morgan fingerprint density at radius 3 is 3.05 bits per heavy atom. The van der Waals surface area contributed by atoms with Crippen molar-refractivity contribution in [2.45, 2.75) is 26.0 Å². The van der Waals surface area contributed by atoms with Crippen molar-refractivity contribution in [1.29, 1.82) is 0 Å². The van der Waals surface area contributed by atoms with Crippen LogP contribution in [0.1, 0.15) is 25.7 Å². The molecule has 0 saturated carbocycles. The molecule has 0 aliphatic carbocycles. The van der Waals surface area contributed by atoms with Crippen LogP contribution in [0.5, 0.6) is 0 Å². The number of nitrogens with zero attached hydrogens (tertiary/aromatic N) is 3. The van der Waals surface area contributed by atoms with E-state index >= 15 is 0 Å². The molecule has 21 heavy (non-hydrogen) atoms. The van der Waals surface area contributed by atoms with Crippen LogP contribution in [0, 0.1) is 0 Å². The average Bonchev–Trinajstić information content (AvgIpc) is 2.97. The Morgan fingerprint density at radius 1 is 1.57 bits per heavy atom. The first-order valence-electron chi connectivity index (χ1n) is 7.42. The number of amides is 2. The number of nitrogens with one attached hydrogen (secondary N) is 2. The third-order valence-corrected chi connectivity index (χ3v) is 3.60. The number of carbonyl (C=O) groups excluding carboxylic acids is 1. The number of piperazine rings is 1. The summed E-state index contributed by atoms with van der Waals surface area (Å²) in [5.74, 6) is 0.901. The second-order valence-corrected chi connectivity index (χ2v) is 5.57. The minimum absolute atomic E-state index is 0.0352. The van der Waals surface area contributed by atoms with Gasteiger partial charge in [-0.2, -0.15) is 0 Å². The molecule has 1 atom stereocenters. The predicted molar refractivity (Wildman–Crippen MR) is 80.0 cm³/mol. The van der Waals surface area contributed by atoms with Crippen molar-refractivity contribution in [2.75, 3.05) is 39.8 Å². The van der Waals surface area contributed by atoms with Gasteiger partial charge < -0.3 is 19.9 Å². The molecule has 1 unspecified atom stereocenters. The third kappa shape index (κ3) is 4.44. The summed E-state index contributed by atoms with van der Waals surface area (Å²) < 4.78 is 5.42. The van der Waals surface area contributed by atoms with Crippen molar-refractivity contribution in [2.24, 2.45) is 0 Å². The number of ether oxygens (including phenoxy) is 1. The fourth-order valence-electron chi connectivity index (χ4n) is 2.38. The number of hydrogen-bond donors (Lipinski definition) is 2. The van der Waals surface area contributed by atoms with Gasteiger partial charge in [-0.1, -0.05) is 0 Å². The topological polar surface area (TPSA) is 73.5 Å². The number of aromatic nitrogens is 2. The zero-order valence-electron chi connectivity index (χ0n) is 13.0. The van der Waals surface area contributed by atoms with Crippen LogP contribution in [0.4, 0.5) is 4.79 Å². The number of H-pyrrole nitrogens is 1. The lowest BCUT2D eigenvalue weighted by molar-refractivity contribution is 0.0773. The maximum atomic E-state index is 12.2. The monoisotopic (exact) mass is 295 g/mol. The number of rotatable bonds is 5. The van der Waals surface area contributed by atoms with Gasteiger partial charge in [0.1, 0.15) is 5.82 Å². The number of carbonyl (C=O) groups is 1. The van der Waals surface area contributed by atoms with Crippen molar-refractivity contribution in [1.82, 2.24) is 25.1 Å². The molecule has 118 valence electrons. The Bertz CT molecular complexity index is 435. The van der Waals surface area contributed by atoms with Gasteiger partial charge in [0.15, 0.2) is 0 Å². The van der Waals surface area contributed by atoms with Crippen molar-refractivity contribution in [3.05, 3.63) is 18.2 Å². The SMILES string of the molecule is CC(C)OCCNC(=O)N1CCN(C)C(c2ncc[nH]2)C1. The molecule has 1 aromatic heterocycles. The molecule has 0 bridgehead atoms. The predicted octanol–water partition coefficient (Wildman–Crippen LogP) is 0.833. The molecule has 1 aromatic rings. The molecule has 0 radical (unpaired) electrons. The Kier molecular flexibility index (Phi) is 5.58. The van der Waals surface area contributed by atoms with E-state index in [1.165, 1.54) is 0 Å². The molecule has 0 spiro atoms. The van der Waals surface area contributed by atoms with Crippen LogP contribution in [0.15, 0.2) is 12.4 Å². The minimum atomic E-state index is -0.0352. The number of aromatic amines is 1. The maximum absolute atomic E-state index is 12.2. The van der Waals surface area contributed by atoms with Crippen LogP contribution in [-0.4, -0.2) is 71.7 Å². The summed E-state index contributed by atoms with van der Waals surface area (Å²) in [4.78, 5) is 23.7. The number of imidazole rings is 1. The van der Waals surface area contributed by atoms with Crippen LogP contribution in [-0.2, 0) is 4.74 Å². The van der Waals surface area contributed by atoms with Gasteiger partial charge >= 0.3 is 6.03 Å². The largest absolute Gasteiger partial charge is 0.377 e. The fraction of sp³-hybridized carbons (Fsp3) is 0.714. The standard InChI is InChI=1S/C14H25N5O2/c1-11(2)21-9-6-17-14(20)19-8-7-18(3)12(10-19)13-15-4-5-16-13/h4-5,11-12H,6-10H2,1-3H3,(H,15,16)(H,17,20). The third-order valence-electron chi connectivity index (χ3n) is 3.60. The lowest BCUT2D eigenvalue weighted by Crippen LogP contribution is -2.52. The van der Waals surface area contributed by atoms with Gasteiger partial charge in [0.25, 0.3) is 0 Å². The molecular weight excluding hydrogens is 270 g/mol. The second-order valence-electron chi connectivity index (χ2n) is 5.57. The molecule has 2 N–H and O–H groups in total. The quantitative estimate of drug-likeness (QED) is 0.789. The van der Waals surface area contributed by atoms with E-state index in [4.69, 9.17) is 4.74 Å². The highest BCUT2D eigenvalue weighted by atomic mass is 16.5. The van der Waals surface area contributed by atoms with Gasteiger partial charge in [-0.25, -0.2) is 9.78 Å². The highest BCUT2D eigenvalue weighted by molar-refractivity contribution is 5.74. The van der Waals surface area contributed by atoms with Crippen LogP contribution in [0.25, 0.3) is 0 Å². The summed E-state index contributed by atoms with van der Waals surface area (Å²) in [6, 6.07) is 0.0819. The molecule has 1 aliphatic heterocycles. The van der Waals surface area contributed by atoms with E-state index in [1.54, 1.807) is 6.20 Å². The number of urea groups is 1. The molecule has 2 heterocycles. The van der Waals surface area contributed by atoms with Gasteiger partial charge in [-0.15, -0.1) is 0 Å². The first-order valence-corrected chi connectivity index (χ1v) is 7.42. The van der Waals surface area contributed by atoms with Crippen molar-refractivity contribution in [3.63, 3.8) is 0 Å². The molecule has 1 aliphatic rings. The zero-order valence-corrected chi connectivity index (χ0v) is 13.0. The lowest BCUT2D eigenvalue weighted by Gasteiger charge is -2.38. The molecule has 7 nitrogen and oxygen atoms in total. The van der Waals surface area contributed by atoms with Gasteiger partial charge in [0.05, 0.1) is 18.8 Å². The molecular formula is C14H25N5O2. The van der Waals surface area contributed by atoms with Gasteiger partial charge in [-0.05, 0) is 20.9 Å². The Labute approximate surface area is 125 Å². The van der Waals surface area contributed by atoms with E-state index in [-0.39, 0.29) is 18.2 Å². The molecule has 7 heteroatoms. The van der Waals surface area contributed by atoms with Crippen LogP contribution in [0.2, 0.25) is 0 Å². The Balaban J connectivity index is 1.82. The zero-order chi connectivity index (χ0) is 15.2. The summed E-state index contributed by atoms with van der Waals surface area (Å²) in [6.45, 7) is 7.24. The van der Waals surface area contributed by atoms with Gasteiger partial charge in [0, 0.05) is 38.6 Å². The lowest BCUT2D eigenvalue weighted by atomic mass is 10.1. The second kappa shape index (κ2) is 7.42. The summed E-state index contributed by atoms with van der Waals surface area (Å²) in [7, 11) is 2.05. The normalized spacial score (nSPS) is 20.0. The van der Waals surface area contributed by atoms with Crippen molar-refractivity contribution < 1.29 is 9.53 Å². The highest BCUT2D eigenvalue weighted by Crippen LogP contribution is 2.20. The molecule has 2 rings (SSSR count). The van der Waals surface area contributed by atoms with E-state index in [9.17, 15) is 4.79 Å². The summed E-state index contributed by atoms with van der Waals surface area (Å²) in [5, 5.41) is 2.90. The number of hydrogen-bond acceptors (Lipinski definition) is 4. The van der Waals surface area contributed by atoms with E-state index in [1.807, 2.05) is 24.9 Å². The molecule has 1 saturated heterocycles. The first-order chi connectivity index (χ1) is 10.1. The number of likely N-dealkylation sites (N-methyl/N-ethyl adjacent to an activating group) is 1. The van der Waals surface area contributed by atoms with Crippen LogP contribution in [0.3, 0.4) is 0 Å². The van der Waals surface area contributed by atoms with Crippen LogP contribution >= 0.6 is 0 Å². The smallest absolute Gasteiger partial charge is 0.317 e. The highest BCUT2D eigenvalue weighted by Gasteiger charge is 2.29. The Hall–Kier alpha value is -1.60. The van der Waals surface area contributed by atoms with E-state index < -0.39 is 0 Å². The fourth-order valence-corrected chi connectivity index (χ4v) is 2.38. The maximum Gasteiger partial charge on any atom is 0.317 e. The van der Waals surface area contributed by atoms with E-state index in [0.29, 0.717) is 19.7 Å². The van der Waals surface area contributed by atoms with Crippen molar-refractivity contribution >= 4 is 6.03 Å². The minimum Gasteiger partial charge on any atom is -0.377 e. The summed E-state index contributed by atoms with van der Waals surface area (Å²) in [6.07, 6.45) is 3.74. The average molecular weight is 295 g/mol. The first kappa shape index (κ1) is 15.8. The Morgan fingerprint density at radius 2 is 2.38 bits per heavy atom. The van der Waals surface area contributed by atoms with E-state index in [2.05, 4.69) is 27.2 Å². The molecule has 0 aromatic carbocycles. The van der Waals surface area contributed by atoms with E-state index in [0.717, 1.165) is 18.9 Å². The van der Waals surface area contributed by atoms with Crippen LogP contribution < -0.4 is 5.32 Å². The summed E-state index contributed by atoms with van der Waals surface area (Å²) in [5.41, 5.74) is 0.